The van der Waals surface area contributed by atoms with E-state index in [1.54, 1.807) is 12.0 Å². The fourth-order valence-corrected chi connectivity index (χ4v) is 3.93. The number of H-pyrrole nitrogens is 1. The van der Waals surface area contributed by atoms with E-state index < -0.39 is 0 Å². The largest absolute Gasteiger partial charge is 0.496 e. The molecule has 0 saturated carbocycles. The van der Waals surface area contributed by atoms with Gasteiger partial charge in [-0.15, -0.1) is 0 Å². The van der Waals surface area contributed by atoms with Gasteiger partial charge in [0.2, 0.25) is 11.8 Å². The highest BCUT2D eigenvalue weighted by Crippen LogP contribution is 2.22. The van der Waals surface area contributed by atoms with Crippen molar-refractivity contribution in [3.05, 3.63) is 65.9 Å². The fraction of sp³-hybridized carbons (Fsp3) is 0.304. The number of hydrogen-bond donors (Lipinski definition) is 2. The number of aromatic amines is 1. The molecule has 1 unspecified atom stereocenters. The van der Waals surface area contributed by atoms with Crippen LogP contribution in [0.15, 0.2) is 54.7 Å². The van der Waals surface area contributed by atoms with Gasteiger partial charge in [-0.3, -0.25) is 9.59 Å². The molecule has 1 fully saturated rings. The van der Waals surface area contributed by atoms with Gasteiger partial charge >= 0.3 is 0 Å². The molecule has 0 aliphatic carbocycles. The quantitative estimate of drug-likeness (QED) is 0.650. The number of benzene rings is 2. The van der Waals surface area contributed by atoms with E-state index in [2.05, 4.69) is 16.4 Å². The molecule has 150 valence electrons. The Kier molecular flexibility index (Phi) is 5.51. The van der Waals surface area contributed by atoms with E-state index >= 15 is 0 Å². The van der Waals surface area contributed by atoms with Crippen molar-refractivity contribution in [3.63, 3.8) is 0 Å². The van der Waals surface area contributed by atoms with E-state index in [1.807, 2.05) is 48.7 Å². The SMILES string of the molecule is COc1ccccc1CNC(=O)C1CC(=O)N(CCc2c[nH]c3ccccc23)C1. The number of amides is 2. The second kappa shape index (κ2) is 8.39. The molecule has 0 radical (unpaired) electrons. The van der Waals surface area contributed by atoms with Crippen LogP contribution < -0.4 is 10.1 Å². The van der Waals surface area contributed by atoms with Gasteiger partial charge in [0.1, 0.15) is 5.75 Å². The monoisotopic (exact) mass is 391 g/mol. The van der Waals surface area contributed by atoms with Gasteiger partial charge in [-0.2, -0.15) is 0 Å². The van der Waals surface area contributed by atoms with E-state index in [0.717, 1.165) is 23.3 Å². The van der Waals surface area contributed by atoms with Crippen LogP contribution in [0.5, 0.6) is 5.75 Å². The zero-order valence-corrected chi connectivity index (χ0v) is 16.5. The van der Waals surface area contributed by atoms with Crippen LogP contribution in [0, 0.1) is 5.92 Å². The lowest BCUT2D eigenvalue weighted by Crippen LogP contribution is -2.33. The van der Waals surface area contributed by atoms with Crippen LogP contribution >= 0.6 is 0 Å². The van der Waals surface area contributed by atoms with E-state index in [4.69, 9.17) is 4.74 Å². The summed E-state index contributed by atoms with van der Waals surface area (Å²) >= 11 is 0. The van der Waals surface area contributed by atoms with E-state index in [1.165, 1.54) is 10.9 Å². The van der Waals surface area contributed by atoms with E-state index in [9.17, 15) is 9.59 Å². The van der Waals surface area contributed by atoms with Gasteiger partial charge in [0.15, 0.2) is 0 Å². The third-order valence-electron chi connectivity index (χ3n) is 5.56. The predicted molar refractivity (Wildman–Crippen MR) is 112 cm³/mol. The van der Waals surface area contributed by atoms with Crippen molar-refractivity contribution in [3.8, 4) is 5.75 Å². The summed E-state index contributed by atoms with van der Waals surface area (Å²) in [5, 5.41) is 4.13. The Morgan fingerprint density at radius 1 is 1.17 bits per heavy atom. The first-order chi connectivity index (χ1) is 14.2. The van der Waals surface area contributed by atoms with Crippen molar-refractivity contribution in [2.75, 3.05) is 20.2 Å². The Bertz CT molecular complexity index is 1030. The first kappa shape index (κ1) is 19.1. The highest BCUT2D eigenvalue weighted by Gasteiger charge is 2.34. The Morgan fingerprint density at radius 3 is 2.83 bits per heavy atom. The standard InChI is InChI=1S/C23H25N3O3/c1-29-21-9-5-2-6-17(21)14-25-23(28)18-12-22(27)26(15-18)11-10-16-13-24-20-8-4-3-7-19(16)20/h2-9,13,18,24H,10-12,14-15H2,1H3,(H,25,28). The normalized spacial score (nSPS) is 16.4. The lowest BCUT2D eigenvalue weighted by atomic mass is 10.1. The topological polar surface area (TPSA) is 74.4 Å². The molecule has 1 aliphatic rings. The number of likely N-dealkylation sites (tertiary alicyclic amines) is 1. The van der Waals surface area contributed by atoms with Crippen molar-refractivity contribution in [2.24, 2.45) is 5.92 Å². The number of hydrogen-bond acceptors (Lipinski definition) is 3. The molecule has 3 aromatic rings. The number of fused-ring (bicyclic) bond motifs is 1. The Balaban J connectivity index is 1.32. The van der Waals surface area contributed by atoms with E-state index in [0.29, 0.717) is 19.6 Å². The van der Waals surface area contributed by atoms with Gasteiger partial charge in [-0.25, -0.2) is 0 Å². The van der Waals surface area contributed by atoms with Crippen LogP contribution in [0.25, 0.3) is 10.9 Å². The predicted octanol–water partition coefficient (Wildman–Crippen LogP) is 2.88. The highest BCUT2D eigenvalue weighted by molar-refractivity contribution is 5.89. The summed E-state index contributed by atoms with van der Waals surface area (Å²) in [7, 11) is 1.61. The molecular weight excluding hydrogens is 366 g/mol. The second-order valence-corrected chi connectivity index (χ2v) is 7.38. The zero-order valence-electron chi connectivity index (χ0n) is 16.5. The molecule has 6 heteroatoms. The minimum Gasteiger partial charge on any atom is -0.496 e. The van der Waals surface area contributed by atoms with Crippen LogP contribution in [0.1, 0.15) is 17.5 Å². The number of nitrogens with zero attached hydrogens (tertiary/aromatic N) is 1. The minimum absolute atomic E-state index is 0.0438. The molecule has 4 rings (SSSR count). The number of ether oxygens (including phenoxy) is 1. The number of para-hydroxylation sites is 2. The van der Waals surface area contributed by atoms with Gasteiger partial charge < -0.3 is 19.9 Å². The molecular formula is C23H25N3O3. The molecule has 1 aromatic heterocycles. The molecule has 6 nitrogen and oxygen atoms in total. The maximum absolute atomic E-state index is 12.6. The molecule has 1 saturated heterocycles. The summed E-state index contributed by atoms with van der Waals surface area (Å²) in [5.41, 5.74) is 3.21. The summed E-state index contributed by atoms with van der Waals surface area (Å²) in [6.07, 6.45) is 3.04. The first-order valence-electron chi connectivity index (χ1n) is 9.88. The first-order valence-corrected chi connectivity index (χ1v) is 9.88. The molecule has 0 bridgehead atoms. The third kappa shape index (κ3) is 4.11. The van der Waals surface area contributed by atoms with Crippen molar-refractivity contribution in [2.45, 2.75) is 19.4 Å². The van der Waals surface area contributed by atoms with Crippen LogP contribution in [-0.2, 0) is 22.6 Å². The number of carbonyl (C=O) groups excluding carboxylic acids is 2. The van der Waals surface area contributed by atoms with E-state index in [-0.39, 0.29) is 24.2 Å². The average Bonchev–Trinajstić information content (AvgIpc) is 3.34. The van der Waals surface area contributed by atoms with Crippen LogP contribution in [0.3, 0.4) is 0 Å². The average molecular weight is 391 g/mol. The number of aromatic nitrogens is 1. The highest BCUT2D eigenvalue weighted by atomic mass is 16.5. The summed E-state index contributed by atoms with van der Waals surface area (Å²) < 4.78 is 5.32. The Morgan fingerprint density at radius 2 is 1.97 bits per heavy atom. The minimum atomic E-state index is -0.305. The Labute approximate surface area is 169 Å². The molecule has 1 atom stereocenters. The van der Waals surface area contributed by atoms with Gasteiger partial charge in [0, 0.05) is 48.7 Å². The summed E-state index contributed by atoms with van der Waals surface area (Å²) in [6.45, 7) is 1.48. The van der Waals surface area contributed by atoms with Crippen molar-refractivity contribution >= 4 is 22.7 Å². The summed E-state index contributed by atoms with van der Waals surface area (Å²) in [5.74, 6) is 0.400. The fourth-order valence-electron chi connectivity index (χ4n) is 3.93. The molecule has 29 heavy (non-hydrogen) atoms. The summed E-state index contributed by atoms with van der Waals surface area (Å²) in [6, 6.07) is 15.7. The lowest BCUT2D eigenvalue weighted by molar-refractivity contribution is -0.129. The molecule has 1 aliphatic heterocycles. The summed E-state index contributed by atoms with van der Waals surface area (Å²) in [4.78, 5) is 30.1. The number of carbonyl (C=O) groups is 2. The van der Waals surface area contributed by atoms with Gasteiger partial charge in [0.25, 0.3) is 0 Å². The van der Waals surface area contributed by atoms with Crippen molar-refractivity contribution in [1.29, 1.82) is 0 Å². The van der Waals surface area contributed by atoms with Crippen molar-refractivity contribution < 1.29 is 14.3 Å². The van der Waals surface area contributed by atoms with Crippen LogP contribution in [-0.4, -0.2) is 41.9 Å². The maximum atomic E-state index is 12.6. The zero-order chi connectivity index (χ0) is 20.2. The molecule has 0 spiro atoms. The van der Waals surface area contributed by atoms with Crippen LogP contribution in [0.2, 0.25) is 0 Å². The van der Waals surface area contributed by atoms with Gasteiger partial charge in [0.05, 0.1) is 13.0 Å². The van der Waals surface area contributed by atoms with Crippen molar-refractivity contribution in [1.82, 2.24) is 15.2 Å². The molecule has 2 aromatic carbocycles. The van der Waals surface area contributed by atoms with Gasteiger partial charge in [-0.1, -0.05) is 36.4 Å². The smallest absolute Gasteiger partial charge is 0.225 e. The number of nitrogens with one attached hydrogen (secondary N) is 2. The third-order valence-corrected chi connectivity index (χ3v) is 5.56. The Hall–Kier alpha value is -3.28. The molecule has 2 amide bonds. The second-order valence-electron chi connectivity index (χ2n) is 7.38. The number of methoxy groups -OCH3 is 1. The molecule has 2 heterocycles. The number of rotatable bonds is 7. The molecule has 2 N–H and O–H groups in total. The van der Waals surface area contributed by atoms with Crippen LogP contribution in [0.4, 0.5) is 0 Å². The maximum Gasteiger partial charge on any atom is 0.225 e. The van der Waals surface area contributed by atoms with Gasteiger partial charge in [-0.05, 0) is 24.1 Å². The lowest BCUT2D eigenvalue weighted by Gasteiger charge is -2.16.